The Kier molecular flexibility index (Phi) is 3.55. The van der Waals surface area contributed by atoms with E-state index in [1.54, 1.807) is 0 Å². The predicted octanol–water partition coefficient (Wildman–Crippen LogP) is 3.20. The number of H-pyrrole nitrogens is 1. The maximum Gasteiger partial charge on any atom is 0.231 e. The molecule has 5 rings (SSSR count). The lowest BCUT2D eigenvalue weighted by atomic mass is 10.0. The van der Waals surface area contributed by atoms with E-state index in [0.29, 0.717) is 6.42 Å². The number of ether oxygens (including phenoxy) is 2. The molecule has 0 aliphatic carbocycles. The average molecular weight is 349 g/mol. The Labute approximate surface area is 150 Å². The molecule has 0 radical (unpaired) electrons. The van der Waals surface area contributed by atoms with Crippen molar-refractivity contribution in [1.29, 1.82) is 0 Å². The van der Waals surface area contributed by atoms with Crippen LogP contribution in [-0.2, 0) is 11.2 Å². The lowest BCUT2D eigenvalue weighted by molar-refractivity contribution is -0.131. The van der Waals surface area contributed by atoms with E-state index < -0.39 is 0 Å². The van der Waals surface area contributed by atoms with Crippen LogP contribution in [0.1, 0.15) is 30.1 Å². The smallest absolute Gasteiger partial charge is 0.231 e. The van der Waals surface area contributed by atoms with Crippen molar-refractivity contribution in [2.75, 3.05) is 13.3 Å². The van der Waals surface area contributed by atoms with Gasteiger partial charge in [-0.3, -0.25) is 9.89 Å². The normalized spacial score (nSPS) is 18.6. The molecule has 0 bridgehead atoms. The number of carbonyl (C=O) groups is 1. The first kappa shape index (κ1) is 15.3. The first-order valence-corrected chi connectivity index (χ1v) is 8.90. The zero-order valence-corrected chi connectivity index (χ0v) is 14.3. The third kappa shape index (κ3) is 2.49. The van der Waals surface area contributed by atoms with Gasteiger partial charge < -0.3 is 14.4 Å². The number of fused-ring (bicyclic) bond motifs is 2. The summed E-state index contributed by atoms with van der Waals surface area (Å²) in [5.41, 5.74) is 2.88. The van der Waals surface area contributed by atoms with E-state index in [-0.39, 0.29) is 18.7 Å². The van der Waals surface area contributed by atoms with Gasteiger partial charge in [-0.25, -0.2) is 0 Å². The largest absolute Gasteiger partial charge is 0.454 e. The van der Waals surface area contributed by atoms with E-state index in [0.717, 1.165) is 53.0 Å². The molecule has 1 atom stereocenters. The molecule has 2 aromatic carbocycles. The Hall–Kier alpha value is -3.02. The molecular weight excluding hydrogens is 330 g/mol. The van der Waals surface area contributed by atoms with Gasteiger partial charge in [0.25, 0.3) is 0 Å². The van der Waals surface area contributed by atoms with Crippen molar-refractivity contribution in [3.63, 3.8) is 0 Å². The van der Waals surface area contributed by atoms with Crippen molar-refractivity contribution in [2.45, 2.75) is 25.3 Å². The third-order valence-electron chi connectivity index (χ3n) is 5.22. The van der Waals surface area contributed by atoms with Gasteiger partial charge in [0, 0.05) is 11.9 Å². The first-order valence-electron chi connectivity index (χ1n) is 8.90. The average Bonchev–Trinajstić information content (AvgIpc) is 3.40. The fourth-order valence-corrected chi connectivity index (χ4v) is 3.93. The lowest BCUT2D eigenvalue weighted by Gasteiger charge is -2.25. The summed E-state index contributed by atoms with van der Waals surface area (Å²) in [6.07, 6.45) is 2.31. The highest BCUT2D eigenvalue weighted by Gasteiger charge is 2.31. The van der Waals surface area contributed by atoms with Crippen LogP contribution in [0.5, 0.6) is 11.5 Å². The highest BCUT2D eigenvalue weighted by Crippen LogP contribution is 2.39. The van der Waals surface area contributed by atoms with Crippen LogP contribution in [0.15, 0.2) is 42.5 Å². The van der Waals surface area contributed by atoms with Crippen LogP contribution in [0.4, 0.5) is 0 Å². The number of benzene rings is 2. The highest BCUT2D eigenvalue weighted by atomic mass is 16.7. The van der Waals surface area contributed by atoms with E-state index in [2.05, 4.69) is 10.2 Å². The number of para-hydroxylation sites is 1. The Morgan fingerprint density at radius 1 is 1.19 bits per heavy atom. The zero-order valence-electron chi connectivity index (χ0n) is 14.3. The first-order chi connectivity index (χ1) is 12.8. The fourth-order valence-electron chi connectivity index (χ4n) is 3.93. The van der Waals surface area contributed by atoms with Crippen LogP contribution in [-0.4, -0.2) is 34.3 Å². The summed E-state index contributed by atoms with van der Waals surface area (Å²) >= 11 is 0. The van der Waals surface area contributed by atoms with Crippen LogP contribution in [0, 0.1) is 0 Å². The van der Waals surface area contributed by atoms with E-state index in [1.165, 1.54) is 0 Å². The SMILES string of the molecule is O=C(Cc1[nH]nc2ccccc12)N1CCC[C@H]1c1ccc2c(c1)OCO2. The lowest BCUT2D eigenvalue weighted by Crippen LogP contribution is -2.32. The number of aromatic nitrogens is 2. The van der Waals surface area contributed by atoms with Gasteiger partial charge in [-0.15, -0.1) is 0 Å². The monoisotopic (exact) mass is 349 g/mol. The zero-order chi connectivity index (χ0) is 17.5. The number of hydrogen-bond acceptors (Lipinski definition) is 4. The maximum atomic E-state index is 13.0. The van der Waals surface area contributed by atoms with Crippen LogP contribution < -0.4 is 9.47 Å². The molecule has 1 fully saturated rings. The summed E-state index contributed by atoms with van der Waals surface area (Å²) in [6.45, 7) is 1.04. The van der Waals surface area contributed by atoms with Crippen molar-refractivity contribution >= 4 is 16.8 Å². The van der Waals surface area contributed by atoms with E-state index in [4.69, 9.17) is 9.47 Å². The number of nitrogens with zero attached hydrogens (tertiary/aromatic N) is 2. The van der Waals surface area contributed by atoms with Gasteiger partial charge in [-0.1, -0.05) is 24.3 Å². The number of hydrogen-bond donors (Lipinski definition) is 1. The maximum absolute atomic E-state index is 13.0. The molecule has 1 N–H and O–H groups in total. The second-order valence-corrected chi connectivity index (χ2v) is 6.75. The minimum absolute atomic E-state index is 0.0891. The molecule has 0 unspecified atom stereocenters. The number of amides is 1. The highest BCUT2D eigenvalue weighted by molar-refractivity contribution is 5.87. The van der Waals surface area contributed by atoms with Crippen molar-refractivity contribution in [3.8, 4) is 11.5 Å². The molecule has 3 heterocycles. The standard InChI is InChI=1S/C20H19N3O3/c24-20(11-16-14-4-1-2-5-15(14)21-22-16)23-9-3-6-17(23)13-7-8-18-19(10-13)26-12-25-18/h1-2,4-5,7-8,10,17H,3,6,9,11-12H2,(H,21,22)/t17-/m0/s1. The number of rotatable bonds is 3. The molecule has 6 heteroatoms. The second-order valence-electron chi connectivity index (χ2n) is 6.75. The van der Waals surface area contributed by atoms with Gasteiger partial charge in [0.2, 0.25) is 12.7 Å². The molecule has 2 aliphatic rings. The van der Waals surface area contributed by atoms with Crippen LogP contribution in [0.2, 0.25) is 0 Å². The number of nitrogens with one attached hydrogen (secondary N) is 1. The van der Waals surface area contributed by atoms with Crippen molar-refractivity contribution in [3.05, 3.63) is 53.7 Å². The summed E-state index contributed by atoms with van der Waals surface area (Å²) in [5.74, 6) is 1.66. The van der Waals surface area contributed by atoms with E-state index in [1.807, 2.05) is 47.4 Å². The van der Waals surface area contributed by atoms with Gasteiger partial charge in [0.05, 0.1) is 23.7 Å². The minimum Gasteiger partial charge on any atom is -0.454 e. The van der Waals surface area contributed by atoms with E-state index >= 15 is 0 Å². The fraction of sp³-hybridized carbons (Fsp3) is 0.300. The molecule has 0 saturated carbocycles. The van der Waals surface area contributed by atoms with Crippen molar-refractivity contribution < 1.29 is 14.3 Å². The second kappa shape index (κ2) is 6.05. The summed E-state index contributed by atoms with van der Waals surface area (Å²) < 4.78 is 10.9. The molecule has 3 aromatic rings. The Bertz CT molecular complexity index is 981. The topological polar surface area (TPSA) is 67.5 Å². The predicted molar refractivity (Wildman–Crippen MR) is 96.1 cm³/mol. The Morgan fingerprint density at radius 3 is 3.04 bits per heavy atom. The number of aromatic amines is 1. The molecule has 132 valence electrons. The Morgan fingerprint density at radius 2 is 2.08 bits per heavy atom. The molecule has 0 spiro atoms. The van der Waals surface area contributed by atoms with E-state index in [9.17, 15) is 4.79 Å². The summed E-state index contributed by atoms with van der Waals surface area (Å²) in [4.78, 5) is 15.0. The summed E-state index contributed by atoms with van der Waals surface area (Å²) in [5, 5.41) is 8.32. The molecule has 1 aromatic heterocycles. The number of likely N-dealkylation sites (tertiary alicyclic amines) is 1. The quantitative estimate of drug-likeness (QED) is 0.788. The van der Waals surface area contributed by atoms with Crippen LogP contribution >= 0.6 is 0 Å². The van der Waals surface area contributed by atoms with Crippen LogP contribution in [0.3, 0.4) is 0 Å². The van der Waals surface area contributed by atoms with Gasteiger partial charge in [-0.2, -0.15) is 5.10 Å². The summed E-state index contributed by atoms with van der Waals surface area (Å²) in [6, 6.07) is 13.9. The van der Waals surface area contributed by atoms with Gasteiger partial charge in [0.15, 0.2) is 11.5 Å². The number of carbonyl (C=O) groups excluding carboxylic acids is 1. The minimum atomic E-state index is 0.0891. The third-order valence-corrected chi connectivity index (χ3v) is 5.22. The van der Waals surface area contributed by atoms with Gasteiger partial charge in [-0.05, 0) is 36.6 Å². The molecule has 26 heavy (non-hydrogen) atoms. The van der Waals surface area contributed by atoms with Crippen molar-refractivity contribution in [2.24, 2.45) is 0 Å². The Balaban J connectivity index is 1.39. The molecule has 6 nitrogen and oxygen atoms in total. The molecule has 1 amide bonds. The van der Waals surface area contributed by atoms with Gasteiger partial charge >= 0.3 is 0 Å². The van der Waals surface area contributed by atoms with Crippen LogP contribution in [0.25, 0.3) is 10.9 Å². The molecular formula is C20H19N3O3. The van der Waals surface area contributed by atoms with Crippen molar-refractivity contribution in [1.82, 2.24) is 15.1 Å². The summed E-state index contributed by atoms with van der Waals surface area (Å²) in [7, 11) is 0. The van der Waals surface area contributed by atoms with Gasteiger partial charge in [0.1, 0.15) is 0 Å². The molecule has 2 aliphatic heterocycles. The molecule has 1 saturated heterocycles.